The fourth-order valence-corrected chi connectivity index (χ4v) is 2.83. The van der Waals surface area contributed by atoms with Crippen molar-refractivity contribution >= 4 is 11.8 Å². The number of hydrogen-bond donors (Lipinski definition) is 2. The van der Waals surface area contributed by atoms with Crippen LogP contribution in [0, 0.1) is 5.92 Å². The number of carbonyl (C=O) groups is 2. The topological polar surface area (TPSA) is 70.7 Å². The molecule has 1 fully saturated rings. The molecule has 0 aromatic heterocycles. The largest absolute Gasteiger partial charge is 0.494 e. The Morgan fingerprint density at radius 1 is 1.36 bits per heavy atom. The molecule has 0 saturated carbocycles. The highest BCUT2D eigenvalue weighted by Gasteiger charge is 2.31. The summed E-state index contributed by atoms with van der Waals surface area (Å²) >= 11 is 0. The van der Waals surface area contributed by atoms with E-state index in [0.29, 0.717) is 32.2 Å². The van der Waals surface area contributed by atoms with Crippen molar-refractivity contribution in [3.8, 4) is 5.75 Å². The maximum atomic E-state index is 12.3. The van der Waals surface area contributed by atoms with Gasteiger partial charge in [-0.25, -0.2) is 0 Å². The number of ether oxygens (including phenoxy) is 1. The molecule has 0 aliphatic carbocycles. The highest BCUT2D eigenvalue weighted by atomic mass is 16.5. The highest BCUT2D eigenvalue weighted by Crippen LogP contribution is 2.17. The zero-order valence-corrected chi connectivity index (χ0v) is 15.4. The van der Waals surface area contributed by atoms with Crippen LogP contribution in [0.5, 0.6) is 5.75 Å². The normalized spacial score (nSPS) is 18.1. The van der Waals surface area contributed by atoms with Crippen LogP contribution < -0.4 is 15.4 Å². The van der Waals surface area contributed by atoms with Gasteiger partial charge < -0.3 is 15.4 Å². The first-order chi connectivity index (χ1) is 12.0. The summed E-state index contributed by atoms with van der Waals surface area (Å²) in [5.41, 5.74) is 1.10. The Hall–Kier alpha value is -2.08. The van der Waals surface area contributed by atoms with Crippen molar-refractivity contribution in [1.82, 2.24) is 15.5 Å². The van der Waals surface area contributed by atoms with E-state index in [9.17, 15) is 9.59 Å². The molecule has 1 aromatic carbocycles. The van der Waals surface area contributed by atoms with Crippen molar-refractivity contribution in [3.05, 3.63) is 29.8 Å². The Balaban J connectivity index is 1.98. The lowest BCUT2D eigenvalue weighted by atomic mass is 10.1. The van der Waals surface area contributed by atoms with Crippen LogP contribution in [-0.4, -0.2) is 49.0 Å². The smallest absolute Gasteiger partial charge is 0.237 e. The number of piperazine rings is 1. The van der Waals surface area contributed by atoms with Crippen LogP contribution in [0.15, 0.2) is 24.3 Å². The predicted molar refractivity (Wildman–Crippen MR) is 97.3 cm³/mol. The summed E-state index contributed by atoms with van der Waals surface area (Å²) in [7, 11) is 0. The zero-order valence-electron chi connectivity index (χ0n) is 15.4. The molecule has 1 heterocycles. The Morgan fingerprint density at radius 3 is 2.72 bits per heavy atom. The van der Waals surface area contributed by atoms with Gasteiger partial charge in [-0.2, -0.15) is 0 Å². The van der Waals surface area contributed by atoms with E-state index < -0.39 is 6.04 Å². The molecule has 1 atom stereocenters. The molecule has 1 unspecified atom stereocenters. The second-order valence-corrected chi connectivity index (χ2v) is 6.76. The van der Waals surface area contributed by atoms with E-state index in [1.807, 2.05) is 45.0 Å². The monoisotopic (exact) mass is 347 g/mol. The van der Waals surface area contributed by atoms with Gasteiger partial charge in [-0.05, 0) is 30.5 Å². The van der Waals surface area contributed by atoms with Crippen LogP contribution in [0.1, 0.15) is 32.8 Å². The van der Waals surface area contributed by atoms with E-state index in [0.717, 1.165) is 17.9 Å². The average Bonchev–Trinajstić information content (AvgIpc) is 2.58. The van der Waals surface area contributed by atoms with Gasteiger partial charge >= 0.3 is 0 Å². The van der Waals surface area contributed by atoms with Crippen LogP contribution >= 0.6 is 0 Å². The molecule has 6 nitrogen and oxygen atoms in total. The third-order valence-corrected chi connectivity index (χ3v) is 4.15. The minimum absolute atomic E-state index is 0.0723. The van der Waals surface area contributed by atoms with Crippen molar-refractivity contribution < 1.29 is 14.3 Å². The molecule has 138 valence electrons. The summed E-state index contributed by atoms with van der Waals surface area (Å²) in [4.78, 5) is 26.5. The lowest BCUT2D eigenvalue weighted by molar-refractivity contribution is -0.134. The average molecular weight is 347 g/mol. The standard InChI is InChI=1S/C19H29N3O3/c1-4-25-16-7-5-15(6-8-16)13-22-10-9-20-19(24)17(22)11-18(23)21-12-14(2)3/h5-8,14,17H,4,9-13H2,1-3H3,(H,20,24)(H,21,23). The molecule has 1 aromatic rings. The molecule has 1 aliphatic rings. The molecule has 6 heteroatoms. The Labute approximate surface area is 149 Å². The van der Waals surface area contributed by atoms with E-state index in [2.05, 4.69) is 15.5 Å². The lowest BCUT2D eigenvalue weighted by Crippen LogP contribution is -2.56. The number of benzene rings is 1. The summed E-state index contributed by atoms with van der Waals surface area (Å²) < 4.78 is 5.46. The molecule has 25 heavy (non-hydrogen) atoms. The van der Waals surface area contributed by atoms with E-state index in [1.54, 1.807) is 0 Å². The SMILES string of the molecule is CCOc1ccc(CN2CCNC(=O)C2CC(=O)NCC(C)C)cc1. The molecule has 2 amide bonds. The van der Waals surface area contributed by atoms with Crippen LogP contribution in [0.25, 0.3) is 0 Å². The van der Waals surface area contributed by atoms with E-state index >= 15 is 0 Å². The first-order valence-corrected chi connectivity index (χ1v) is 8.99. The van der Waals surface area contributed by atoms with Gasteiger partial charge in [-0.1, -0.05) is 26.0 Å². The van der Waals surface area contributed by atoms with Gasteiger partial charge in [0, 0.05) is 26.2 Å². The fraction of sp³-hybridized carbons (Fsp3) is 0.579. The van der Waals surface area contributed by atoms with Crippen LogP contribution in [0.4, 0.5) is 0 Å². The maximum Gasteiger partial charge on any atom is 0.237 e. The Morgan fingerprint density at radius 2 is 2.08 bits per heavy atom. The van der Waals surface area contributed by atoms with Crippen LogP contribution in [-0.2, 0) is 16.1 Å². The molecule has 2 N–H and O–H groups in total. The Kier molecular flexibility index (Phi) is 7.25. The first kappa shape index (κ1) is 19.2. The van der Waals surface area contributed by atoms with Gasteiger partial charge in [-0.3, -0.25) is 14.5 Å². The summed E-state index contributed by atoms with van der Waals surface area (Å²) in [6, 6.07) is 7.47. The molecule has 0 radical (unpaired) electrons. The summed E-state index contributed by atoms with van der Waals surface area (Å²) in [5.74, 6) is 1.08. The predicted octanol–water partition coefficient (Wildman–Crippen LogP) is 1.55. The number of carbonyl (C=O) groups excluding carboxylic acids is 2. The quantitative estimate of drug-likeness (QED) is 0.748. The van der Waals surface area contributed by atoms with Gasteiger partial charge in [-0.15, -0.1) is 0 Å². The number of nitrogens with zero attached hydrogens (tertiary/aromatic N) is 1. The van der Waals surface area contributed by atoms with Crippen molar-refractivity contribution in [2.75, 3.05) is 26.2 Å². The fourth-order valence-electron chi connectivity index (χ4n) is 2.83. The molecule has 1 aliphatic heterocycles. The molecule has 0 bridgehead atoms. The number of nitrogens with one attached hydrogen (secondary N) is 2. The second kappa shape index (κ2) is 9.42. The highest BCUT2D eigenvalue weighted by molar-refractivity contribution is 5.88. The summed E-state index contributed by atoms with van der Waals surface area (Å²) in [6.45, 7) is 9.31. The number of hydrogen-bond acceptors (Lipinski definition) is 4. The number of rotatable bonds is 8. The van der Waals surface area contributed by atoms with E-state index in [1.165, 1.54) is 0 Å². The minimum Gasteiger partial charge on any atom is -0.494 e. The van der Waals surface area contributed by atoms with Gasteiger partial charge in [0.15, 0.2) is 0 Å². The van der Waals surface area contributed by atoms with Crippen molar-refractivity contribution in [2.24, 2.45) is 5.92 Å². The van der Waals surface area contributed by atoms with Gasteiger partial charge in [0.1, 0.15) is 5.75 Å². The third kappa shape index (κ3) is 6.05. The van der Waals surface area contributed by atoms with Crippen LogP contribution in [0.3, 0.4) is 0 Å². The van der Waals surface area contributed by atoms with Crippen LogP contribution in [0.2, 0.25) is 0 Å². The van der Waals surface area contributed by atoms with Gasteiger partial charge in [0.2, 0.25) is 11.8 Å². The Bertz CT molecular complexity index is 572. The molecule has 2 rings (SSSR count). The maximum absolute atomic E-state index is 12.3. The molecular weight excluding hydrogens is 318 g/mol. The minimum atomic E-state index is -0.424. The zero-order chi connectivity index (χ0) is 18.2. The molecule has 1 saturated heterocycles. The van der Waals surface area contributed by atoms with Crippen molar-refractivity contribution in [1.29, 1.82) is 0 Å². The number of amides is 2. The summed E-state index contributed by atoms with van der Waals surface area (Å²) in [6.07, 6.45) is 0.190. The van der Waals surface area contributed by atoms with Gasteiger partial charge in [0.25, 0.3) is 0 Å². The third-order valence-electron chi connectivity index (χ3n) is 4.15. The molecular formula is C19H29N3O3. The second-order valence-electron chi connectivity index (χ2n) is 6.76. The van der Waals surface area contributed by atoms with E-state index in [4.69, 9.17) is 4.74 Å². The van der Waals surface area contributed by atoms with E-state index in [-0.39, 0.29) is 18.2 Å². The van der Waals surface area contributed by atoms with Crippen molar-refractivity contribution in [3.63, 3.8) is 0 Å². The lowest BCUT2D eigenvalue weighted by Gasteiger charge is -2.34. The molecule has 0 spiro atoms. The first-order valence-electron chi connectivity index (χ1n) is 8.99. The van der Waals surface area contributed by atoms with Gasteiger partial charge in [0.05, 0.1) is 19.1 Å². The summed E-state index contributed by atoms with van der Waals surface area (Å²) in [5, 5.41) is 5.76. The van der Waals surface area contributed by atoms with Crippen molar-refractivity contribution in [2.45, 2.75) is 39.8 Å².